The van der Waals surface area contributed by atoms with E-state index in [9.17, 15) is 4.21 Å². The fraction of sp³-hybridized carbons (Fsp3) is 0.429. The van der Waals surface area contributed by atoms with Crippen LogP contribution < -0.4 is 5.32 Å². The fourth-order valence-electron chi connectivity index (χ4n) is 1.75. The Bertz CT molecular complexity index is 578. The van der Waals surface area contributed by atoms with E-state index in [0.717, 1.165) is 27.8 Å². The maximum absolute atomic E-state index is 11.3. The van der Waals surface area contributed by atoms with Gasteiger partial charge in [0.1, 0.15) is 5.82 Å². The van der Waals surface area contributed by atoms with E-state index in [-0.39, 0.29) is 0 Å². The molecular formula is C14H19N3OS2. The molecule has 6 heteroatoms. The molecule has 1 heterocycles. The summed E-state index contributed by atoms with van der Waals surface area (Å²) in [7, 11) is -0.920. The quantitative estimate of drug-likeness (QED) is 0.891. The number of hydrogen-bond donors (Lipinski definition) is 1. The fourth-order valence-corrected chi connectivity index (χ4v) is 2.86. The van der Waals surface area contributed by atoms with Gasteiger partial charge in [-0.15, -0.1) is 0 Å². The van der Waals surface area contributed by atoms with E-state index in [1.807, 2.05) is 24.3 Å². The highest BCUT2D eigenvalue weighted by molar-refractivity contribution is 7.84. The van der Waals surface area contributed by atoms with Crippen molar-refractivity contribution in [2.24, 2.45) is 5.92 Å². The highest BCUT2D eigenvalue weighted by Gasteiger charge is 2.06. The Labute approximate surface area is 126 Å². The predicted octanol–water partition coefficient (Wildman–Crippen LogP) is 3.09. The Morgan fingerprint density at radius 2 is 2.00 bits per heavy atom. The van der Waals surface area contributed by atoms with Crippen molar-refractivity contribution in [1.29, 1.82) is 0 Å². The lowest BCUT2D eigenvalue weighted by Crippen LogP contribution is -2.00. The molecule has 108 valence electrons. The van der Waals surface area contributed by atoms with Crippen LogP contribution in [0.1, 0.15) is 25.2 Å². The van der Waals surface area contributed by atoms with Crippen LogP contribution in [0.5, 0.6) is 0 Å². The van der Waals surface area contributed by atoms with Gasteiger partial charge in [-0.05, 0) is 23.6 Å². The Balaban J connectivity index is 1.91. The molecule has 0 aliphatic carbocycles. The number of rotatable bonds is 6. The molecule has 1 atom stereocenters. The van der Waals surface area contributed by atoms with Crippen molar-refractivity contribution in [1.82, 2.24) is 9.36 Å². The minimum Gasteiger partial charge on any atom is -0.356 e. The SMILES string of the molecule is CC(C)Cc1nsc(NCc2ccc([S@@](C)=O)cc2)n1. The van der Waals surface area contributed by atoms with Crippen LogP contribution >= 0.6 is 11.5 Å². The highest BCUT2D eigenvalue weighted by Crippen LogP contribution is 2.15. The lowest BCUT2D eigenvalue weighted by molar-refractivity contribution is 0.627. The van der Waals surface area contributed by atoms with Gasteiger partial charge in [0.2, 0.25) is 5.13 Å². The Morgan fingerprint density at radius 1 is 1.30 bits per heavy atom. The molecule has 0 saturated carbocycles. The van der Waals surface area contributed by atoms with Crippen molar-refractivity contribution in [2.45, 2.75) is 31.7 Å². The summed E-state index contributed by atoms with van der Waals surface area (Å²) >= 11 is 1.40. The van der Waals surface area contributed by atoms with Gasteiger partial charge in [-0.25, -0.2) is 4.98 Å². The van der Waals surface area contributed by atoms with Crippen LogP contribution in [0.25, 0.3) is 0 Å². The maximum atomic E-state index is 11.3. The van der Waals surface area contributed by atoms with E-state index in [4.69, 9.17) is 0 Å². The second-order valence-electron chi connectivity index (χ2n) is 5.07. The molecule has 1 aromatic carbocycles. The van der Waals surface area contributed by atoms with E-state index < -0.39 is 10.8 Å². The summed E-state index contributed by atoms with van der Waals surface area (Å²) in [6.07, 6.45) is 2.60. The van der Waals surface area contributed by atoms with Gasteiger partial charge < -0.3 is 5.32 Å². The highest BCUT2D eigenvalue weighted by atomic mass is 32.2. The topological polar surface area (TPSA) is 54.9 Å². The third-order valence-electron chi connectivity index (χ3n) is 2.76. The van der Waals surface area contributed by atoms with Gasteiger partial charge in [0.15, 0.2) is 0 Å². The lowest BCUT2D eigenvalue weighted by Gasteiger charge is -2.03. The first-order valence-electron chi connectivity index (χ1n) is 6.53. The zero-order valence-corrected chi connectivity index (χ0v) is 13.6. The molecule has 0 radical (unpaired) electrons. The third kappa shape index (κ3) is 4.38. The molecule has 0 aliphatic rings. The Kier molecular flexibility index (Phi) is 5.25. The van der Waals surface area contributed by atoms with Crippen molar-refractivity contribution >= 4 is 27.5 Å². The molecule has 0 aliphatic heterocycles. The van der Waals surface area contributed by atoms with Crippen LogP contribution in [-0.4, -0.2) is 19.8 Å². The molecule has 1 N–H and O–H groups in total. The number of aromatic nitrogens is 2. The van der Waals surface area contributed by atoms with E-state index in [1.54, 1.807) is 6.26 Å². The summed E-state index contributed by atoms with van der Waals surface area (Å²) in [6.45, 7) is 5.02. The summed E-state index contributed by atoms with van der Waals surface area (Å²) in [4.78, 5) is 5.31. The average Bonchev–Trinajstić information content (AvgIpc) is 2.83. The van der Waals surface area contributed by atoms with E-state index in [0.29, 0.717) is 12.5 Å². The molecule has 0 bridgehead atoms. The Morgan fingerprint density at radius 3 is 2.60 bits per heavy atom. The predicted molar refractivity (Wildman–Crippen MR) is 84.6 cm³/mol. The number of benzene rings is 1. The van der Waals surface area contributed by atoms with Crippen LogP contribution in [0.4, 0.5) is 5.13 Å². The van der Waals surface area contributed by atoms with Gasteiger partial charge in [0.25, 0.3) is 0 Å². The Hall–Kier alpha value is -1.27. The summed E-state index contributed by atoms with van der Waals surface area (Å²) in [5, 5.41) is 4.12. The number of nitrogens with one attached hydrogen (secondary N) is 1. The number of anilines is 1. The minimum atomic E-state index is -0.920. The smallest absolute Gasteiger partial charge is 0.202 e. The van der Waals surface area contributed by atoms with Crippen LogP contribution in [0.15, 0.2) is 29.2 Å². The summed E-state index contributed by atoms with van der Waals surface area (Å²) in [5.74, 6) is 1.48. The van der Waals surface area contributed by atoms with Crippen molar-refractivity contribution < 1.29 is 4.21 Å². The lowest BCUT2D eigenvalue weighted by atomic mass is 10.1. The van der Waals surface area contributed by atoms with Crippen molar-refractivity contribution in [3.63, 3.8) is 0 Å². The van der Waals surface area contributed by atoms with Gasteiger partial charge in [-0.2, -0.15) is 4.37 Å². The van der Waals surface area contributed by atoms with Crippen LogP contribution in [0.3, 0.4) is 0 Å². The standard InChI is InChI=1S/C14H19N3OS2/c1-10(2)8-13-16-14(19-17-13)15-9-11-4-6-12(7-5-11)20(3)18/h4-7,10H,8-9H2,1-3H3,(H,15,16,17)/t20-/m1/s1. The first kappa shape index (κ1) is 15.1. The molecule has 1 aromatic heterocycles. The zero-order valence-electron chi connectivity index (χ0n) is 11.9. The van der Waals surface area contributed by atoms with Crippen molar-refractivity contribution in [3.05, 3.63) is 35.7 Å². The van der Waals surface area contributed by atoms with E-state index in [2.05, 4.69) is 28.5 Å². The molecule has 0 saturated heterocycles. The largest absolute Gasteiger partial charge is 0.356 e. The average molecular weight is 309 g/mol. The van der Waals surface area contributed by atoms with Gasteiger partial charge >= 0.3 is 0 Å². The van der Waals surface area contributed by atoms with Gasteiger partial charge in [0, 0.05) is 46.4 Å². The van der Waals surface area contributed by atoms with E-state index in [1.165, 1.54) is 11.5 Å². The van der Waals surface area contributed by atoms with Crippen molar-refractivity contribution in [2.75, 3.05) is 11.6 Å². The minimum absolute atomic E-state index is 0.569. The molecule has 20 heavy (non-hydrogen) atoms. The second-order valence-corrected chi connectivity index (χ2v) is 7.20. The third-order valence-corrected chi connectivity index (χ3v) is 4.40. The molecular weight excluding hydrogens is 290 g/mol. The second kappa shape index (κ2) is 6.95. The molecule has 2 aromatic rings. The monoisotopic (exact) mass is 309 g/mol. The maximum Gasteiger partial charge on any atom is 0.202 e. The van der Waals surface area contributed by atoms with Crippen LogP contribution in [0.2, 0.25) is 0 Å². The van der Waals surface area contributed by atoms with E-state index >= 15 is 0 Å². The molecule has 0 amide bonds. The normalized spacial score (nSPS) is 12.6. The molecule has 0 spiro atoms. The van der Waals surface area contributed by atoms with Crippen LogP contribution in [-0.2, 0) is 23.8 Å². The molecule has 2 rings (SSSR count). The molecule has 0 unspecified atom stereocenters. The molecule has 4 nitrogen and oxygen atoms in total. The van der Waals surface area contributed by atoms with Crippen molar-refractivity contribution in [3.8, 4) is 0 Å². The first-order valence-corrected chi connectivity index (χ1v) is 8.86. The first-order chi connectivity index (χ1) is 9.54. The number of nitrogens with zero attached hydrogens (tertiary/aromatic N) is 2. The number of hydrogen-bond acceptors (Lipinski definition) is 5. The summed E-state index contributed by atoms with van der Waals surface area (Å²) in [6, 6.07) is 7.77. The summed E-state index contributed by atoms with van der Waals surface area (Å²) in [5.41, 5.74) is 1.14. The molecule has 0 fully saturated rings. The van der Waals surface area contributed by atoms with Gasteiger partial charge in [-0.1, -0.05) is 26.0 Å². The van der Waals surface area contributed by atoms with Gasteiger partial charge in [0.05, 0.1) is 0 Å². The zero-order chi connectivity index (χ0) is 14.5. The summed E-state index contributed by atoms with van der Waals surface area (Å²) < 4.78 is 15.6. The van der Waals surface area contributed by atoms with Gasteiger partial charge in [-0.3, -0.25) is 4.21 Å². The van der Waals surface area contributed by atoms with Crippen LogP contribution in [0, 0.1) is 5.92 Å².